The van der Waals surface area contributed by atoms with Crippen molar-refractivity contribution < 1.29 is 13.9 Å². The zero-order chi connectivity index (χ0) is 11.8. The van der Waals surface area contributed by atoms with Gasteiger partial charge in [-0.2, -0.15) is 8.78 Å². The minimum absolute atomic E-state index is 0.222. The van der Waals surface area contributed by atoms with E-state index in [0.717, 1.165) is 5.39 Å². The summed E-state index contributed by atoms with van der Waals surface area (Å²) in [7, 11) is 0. The smallest absolute Gasteiger partial charge is 0.330 e. The summed E-state index contributed by atoms with van der Waals surface area (Å²) in [5, 5.41) is 11.0. The standard InChI is InChI=1S/C12H9BrF2O/c13-12(14,15)11(16)10-7-3-5-8-4-1-2-6-9(8)10/h1-7,11,16H. The lowest BCUT2D eigenvalue weighted by molar-refractivity contribution is -0.0286. The van der Waals surface area contributed by atoms with Gasteiger partial charge < -0.3 is 5.11 Å². The maximum atomic E-state index is 13.0. The Balaban J connectivity index is 2.61. The van der Waals surface area contributed by atoms with Gasteiger partial charge in [0.1, 0.15) is 0 Å². The van der Waals surface area contributed by atoms with Crippen molar-refractivity contribution >= 4 is 26.7 Å². The average molecular weight is 287 g/mol. The van der Waals surface area contributed by atoms with Gasteiger partial charge in [0.25, 0.3) is 0 Å². The van der Waals surface area contributed by atoms with Crippen LogP contribution in [-0.4, -0.2) is 9.94 Å². The summed E-state index contributed by atoms with van der Waals surface area (Å²) in [5.41, 5.74) is 0.222. The molecule has 0 aliphatic heterocycles. The molecule has 16 heavy (non-hydrogen) atoms. The predicted octanol–water partition coefficient (Wildman–Crippen LogP) is 3.86. The summed E-state index contributed by atoms with van der Waals surface area (Å²) in [6, 6.07) is 12.1. The number of aliphatic hydroxyl groups excluding tert-OH is 1. The summed E-state index contributed by atoms with van der Waals surface area (Å²) in [6.45, 7) is 0. The van der Waals surface area contributed by atoms with Crippen molar-refractivity contribution in [2.24, 2.45) is 0 Å². The molecule has 2 rings (SSSR count). The number of hydrogen-bond donors (Lipinski definition) is 1. The Morgan fingerprint density at radius 1 is 1.06 bits per heavy atom. The van der Waals surface area contributed by atoms with Crippen molar-refractivity contribution in [2.45, 2.75) is 10.9 Å². The zero-order valence-corrected chi connectivity index (χ0v) is 9.79. The van der Waals surface area contributed by atoms with Crippen LogP contribution in [-0.2, 0) is 0 Å². The summed E-state index contributed by atoms with van der Waals surface area (Å²) in [5.74, 6) is 0. The number of alkyl halides is 3. The molecule has 1 N–H and O–H groups in total. The van der Waals surface area contributed by atoms with E-state index >= 15 is 0 Å². The molecular formula is C12H9BrF2O. The zero-order valence-electron chi connectivity index (χ0n) is 8.20. The Labute approximate surface area is 99.8 Å². The molecule has 0 saturated heterocycles. The van der Waals surface area contributed by atoms with Gasteiger partial charge in [-0.25, -0.2) is 0 Å². The van der Waals surface area contributed by atoms with Gasteiger partial charge in [0.15, 0.2) is 6.10 Å². The molecular weight excluding hydrogens is 278 g/mol. The van der Waals surface area contributed by atoms with E-state index in [1.807, 2.05) is 18.2 Å². The minimum Gasteiger partial charge on any atom is -0.381 e. The van der Waals surface area contributed by atoms with Crippen LogP contribution in [0.2, 0.25) is 0 Å². The van der Waals surface area contributed by atoms with Crippen molar-refractivity contribution in [3.8, 4) is 0 Å². The summed E-state index contributed by atoms with van der Waals surface area (Å²) in [4.78, 5) is -3.32. The number of rotatable bonds is 2. The van der Waals surface area contributed by atoms with Crippen molar-refractivity contribution in [1.82, 2.24) is 0 Å². The lowest BCUT2D eigenvalue weighted by Gasteiger charge is -2.18. The summed E-state index contributed by atoms with van der Waals surface area (Å²) >= 11 is 2.18. The van der Waals surface area contributed by atoms with Gasteiger partial charge in [-0.3, -0.25) is 0 Å². The van der Waals surface area contributed by atoms with Crippen LogP contribution in [0.4, 0.5) is 8.78 Å². The normalized spacial score (nSPS) is 14.0. The van der Waals surface area contributed by atoms with Crippen LogP contribution in [0.15, 0.2) is 42.5 Å². The van der Waals surface area contributed by atoms with Crippen molar-refractivity contribution in [1.29, 1.82) is 0 Å². The molecule has 1 nitrogen and oxygen atoms in total. The monoisotopic (exact) mass is 286 g/mol. The topological polar surface area (TPSA) is 20.2 Å². The fraction of sp³-hybridized carbons (Fsp3) is 0.167. The molecule has 1 unspecified atom stereocenters. The van der Waals surface area contributed by atoms with E-state index in [2.05, 4.69) is 15.9 Å². The molecule has 0 amide bonds. The van der Waals surface area contributed by atoms with Crippen LogP contribution in [0.1, 0.15) is 11.7 Å². The number of aliphatic hydroxyl groups is 1. The first kappa shape index (κ1) is 11.5. The number of halogens is 3. The Kier molecular flexibility index (Phi) is 2.95. The molecule has 0 radical (unpaired) electrons. The Hall–Kier alpha value is -1.00. The van der Waals surface area contributed by atoms with Crippen LogP contribution < -0.4 is 0 Å². The lowest BCUT2D eigenvalue weighted by Crippen LogP contribution is -2.18. The number of fused-ring (bicyclic) bond motifs is 1. The Morgan fingerprint density at radius 2 is 1.69 bits per heavy atom. The van der Waals surface area contributed by atoms with E-state index in [1.54, 1.807) is 18.2 Å². The molecule has 4 heteroatoms. The lowest BCUT2D eigenvalue weighted by atomic mass is 10.0. The van der Waals surface area contributed by atoms with Gasteiger partial charge in [-0.1, -0.05) is 42.5 Å². The highest BCUT2D eigenvalue weighted by atomic mass is 79.9. The molecule has 0 aliphatic rings. The molecule has 0 fully saturated rings. The van der Waals surface area contributed by atoms with Crippen LogP contribution in [0.5, 0.6) is 0 Å². The molecule has 0 spiro atoms. The van der Waals surface area contributed by atoms with E-state index in [-0.39, 0.29) is 5.56 Å². The molecule has 0 heterocycles. The van der Waals surface area contributed by atoms with Crippen LogP contribution in [0, 0.1) is 0 Å². The SMILES string of the molecule is OC(c1cccc2ccccc12)C(F)(F)Br. The second kappa shape index (κ2) is 4.11. The van der Waals surface area contributed by atoms with Gasteiger partial charge in [-0.05, 0) is 32.3 Å². The van der Waals surface area contributed by atoms with Crippen LogP contribution in [0.25, 0.3) is 10.8 Å². The van der Waals surface area contributed by atoms with E-state index in [4.69, 9.17) is 0 Å². The molecule has 2 aromatic carbocycles. The van der Waals surface area contributed by atoms with E-state index < -0.39 is 10.9 Å². The maximum absolute atomic E-state index is 13.0. The minimum atomic E-state index is -3.32. The molecule has 0 saturated carbocycles. The van der Waals surface area contributed by atoms with E-state index in [0.29, 0.717) is 5.39 Å². The molecule has 0 aliphatic carbocycles. The van der Waals surface area contributed by atoms with Gasteiger partial charge in [0.05, 0.1) is 0 Å². The fourth-order valence-corrected chi connectivity index (χ4v) is 1.91. The first-order valence-corrected chi connectivity index (χ1v) is 5.52. The second-order valence-corrected chi connectivity index (χ2v) is 4.57. The molecule has 84 valence electrons. The third kappa shape index (κ3) is 2.08. The average Bonchev–Trinajstić information content (AvgIpc) is 2.26. The molecule has 0 bridgehead atoms. The Bertz CT molecular complexity index is 502. The number of hydrogen-bond acceptors (Lipinski definition) is 1. The van der Waals surface area contributed by atoms with Gasteiger partial charge >= 0.3 is 4.83 Å². The van der Waals surface area contributed by atoms with Gasteiger partial charge in [-0.15, -0.1) is 0 Å². The Morgan fingerprint density at radius 3 is 2.38 bits per heavy atom. The number of benzene rings is 2. The molecule has 1 atom stereocenters. The van der Waals surface area contributed by atoms with Crippen molar-refractivity contribution in [2.75, 3.05) is 0 Å². The predicted molar refractivity (Wildman–Crippen MR) is 62.8 cm³/mol. The molecule has 0 aromatic heterocycles. The third-order valence-electron chi connectivity index (χ3n) is 2.43. The van der Waals surface area contributed by atoms with Crippen LogP contribution >= 0.6 is 15.9 Å². The van der Waals surface area contributed by atoms with Crippen LogP contribution in [0.3, 0.4) is 0 Å². The second-order valence-electron chi connectivity index (χ2n) is 3.51. The quantitative estimate of drug-likeness (QED) is 0.831. The summed E-state index contributed by atoms with van der Waals surface area (Å²) in [6.07, 6.45) is -1.85. The van der Waals surface area contributed by atoms with Crippen molar-refractivity contribution in [3.05, 3.63) is 48.0 Å². The van der Waals surface area contributed by atoms with Gasteiger partial charge in [0.2, 0.25) is 0 Å². The fourth-order valence-electron chi connectivity index (χ4n) is 1.67. The summed E-state index contributed by atoms with van der Waals surface area (Å²) < 4.78 is 26.0. The highest BCUT2D eigenvalue weighted by Crippen LogP contribution is 2.39. The van der Waals surface area contributed by atoms with E-state index in [1.165, 1.54) is 6.07 Å². The molecule has 2 aromatic rings. The highest BCUT2D eigenvalue weighted by Gasteiger charge is 2.36. The third-order valence-corrected chi connectivity index (χ3v) is 2.86. The first-order chi connectivity index (χ1) is 7.50. The highest BCUT2D eigenvalue weighted by molar-refractivity contribution is 9.10. The van der Waals surface area contributed by atoms with Gasteiger partial charge in [0, 0.05) is 0 Å². The van der Waals surface area contributed by atoms with Crippen molar-refractivity contribution in [3.63, 3.8) is 0 Å². The van der Waals surface area contributed by atoms with E-state index in [9.17, 15) is 13.9 Å². The largest absolute Gasteiger partial charge is 0.381 e. The maximum Gasteiger partial charge on any atom is 0.330 e. The first-order valence-electron chi connectivity index (χ1n) is 4.72.